The third kappa shape index (κ3) is 3.90. The van der Waals surface area contributed by atoms with Gasteiger partial charge in [0, 0.05) is 22.2 Å². The topological polar surface area (TPSA) is 20.3 Å². The van der Waals surface area contributed by atoms with Crippen LogP contribution in [0.5, 0.6) is 0 Å². The van der Waals surface area contributed by atoms with Crippen molar-refractivity contribution in [3.05, 3.63) is 70.5 Å². The standard InChI is InChI=1S/C17H17ClFNO/c1-12(15-8-3-4-9-16(15)19)20(2)11-17(21)13-6-5-7-14(18)10-13/h3-10,12H,11H2,1-2H3. The van der Waals surface area contributed by atoms with E-state index in [0.29, 0.717) is 16.1 Å². The lowest BCUT2D eigenvalue weighted by atomic mass is 10.1. The predicted octanol–water partition coefficient (Wildman–Crippen LogP) is 4.35. The van der Waals surface area contributed by atoms with Gasteiger partial charge in [0.05, 0.1) is 6.54 Å². The van der Waals surface area contributed by atoms with Crippen LogP contribution in [0.15, 0.2) is 48.5 Å². The van der Waals surface area contributed by atoms with Crippen molar-refractivity contribution >= 4 is 17.4 Å². The number of hydrogen-bond acceptors (Lipinski definition) is 2. The zero-order valence-electron chi connectivity index (χ0n) is 12.0. The third-order valence-electron chi connectivity index (χ3n) is 3.56. The number of hydrogen-bond donors (Lipinski definition) is 0. The lowest BCUT2D eigenvalue weighted by Crippen LogP contribution is -2.29. The van der Waals surface area contributed by atoms with Crippen LogP contribution in [0, 0.1) is 5.82 Å². The highest BCUT2D eigenvalue weighted by Crippen LogP contribution is 2.22. The summed E-state index contributed by atoms with van der Waals surface area (Å²) in [5.41, 5.74) is 1.15. The summed E-state index contributed by atoms with van der Waals surface area (Å²) in [6, 6.07) is 13.3. The average Bonchev–Trinajstić information content (AvgIpc) is 2.47. The van der Waals surface area contributed by atoms with Crippen molar-refractivity contribution in [3.8, 4) is 0 Å². The van der Waals surface area contributed by atoms with Gasteiger partial charge in [-0.2, -0.15) is 0 Å². The maximum Gasteiger partial charge on any atom is 0.176 e. The van der Waals surface area contributed by atoms with E-state index in [9.17, 15) is 9.18 Å². The molecule has 2 aromatic rings. The highest BCUT2D eigenvalue weighted by molar-refractivity contribution is 6.31. The Kier molecular flexibility index (Phi) is 5.10. The number of ketones is 1. The summed E-state index contributed by atoms with van der Waals surface area (Å²) in [5.74, 6) is -0.296. The molecule has 0 radical (unpaired) electrons. The highest BCUT2D eigenvalue weighted by Gasteiger charge is 2.18. The summed E-state index contributed by atoms with van der Waals surface area (Å²) in [6.07, 6.45) is 0. The lowest BCUT2D eigenvalue weighted by molar-refractivity contribution is 0.0923. The molecular formula is C17H17ClFNO. The molecule has 2 aromatic carbocycles. The van der Waals surface area contributed by atoms with Crippen LogP contribution in [-0.4, -0.2) is 24.3 Å². The molecule has 0 aliphatic carbocycles. The number of carbonyl (C=O) groups excluding carboxylic acids is 1. The first-order valence-corrected chi connectivity index (χ1v) is 7.10. The van der Waals surface area contributed by atoms with E-state index in [0.717, 1.165) is 0 Å². The van der Waals surface area contributed by atoms with Gasteiger partial charge in [-0.05, 0) is 32.2 Å². The Bertz CT molecular complexity index is 644. The van der Waals surface area contributed by atoms with Crippen molar-refractivity contribution in [2.75, 3.05) is 13.6 Å². The Balaban J connectivity index is 2.09. The summed E-state index contributed by atoms with van der Waals surface area (Å²) in [4.78, 5) is 14.1. The monoisotopic (exact) mass is 305 g/mol. The molecule has 0 fully saturated rings. The zero-order valence-corrected chi connectivity index (χ0v) is 12.8. The van der Waals surface area contributed by atoms with Crippen LogP contribution in [-0.2, 0) is 0 Å². The van der Waals surface area contributed by atoms with E-state index in [1.54, 1.807) is 49.5 Å². The summed E-state index contributed by atoms with van der Waals surface area (Å²) in [7, 11) is 1.81. The van der Waals surface area contributed by atoms with Gasteiger partial charge in [0.1, 0.15) is 5.82 Å². The van der Waals surface area contributed by atoms with E-state index in [4.69, 9.17) is 11.6 Å². The number of halogens is 2. The third-order valence-corrected chi connectivity index (χ3v) is 3.79. The minimum absolute atomic E-state index is 0.0387. The highest BCUT2D eigenvalue weighted by atomic mass is 35.5. The summed E-state index contributed by atoms with van der Waals surface area (Å²) >= 11 is 5.89. The lowest BCUT2D eigenvalue weighted by Gasteiger charge is -2.24. The van der Waals surface area contributed by atoms with E-state index in [1.807, 2.05) is 11.8 Å². The van der Waals surface area contributed by atoms with Crippen LogP contribution in [0.3, 0.4) is 0 Å². The van der Waals surface area contributed by atoms with Crippen LogP contribution in [0.2, 0.25) is 5.02 Å². The molecule has 0 saturated carbocycles. The molecule has 0 N–H and O–H groups in total. The normalized spacial score (nSPS) is 12.4. The molecule has 0 aromatic heterocycles. The van der Waals surface area contributed by atoms with Gasteiger partial charge < -0.3 is 0 Å². The molecule has 0 spiro atoms. The maximum absolute atomic E-state index is 13.8. The number of benzene rings is 2. The molecule has 4 heteroatoms. The van der Waals surface area contributed by atoms with Crippen molar-refractivity contribution in [3.63, 3.8) is 0 Å². The number of nitrogens with zero attached hydrogens (tertiary/aromatic N) is 1. The first kappa shape index (κ1) is 15.7. The smallest absolute Gasteiger partial charge is 0.176 e. The van der Waals surface area contributed by atoms with Crippen molar-refractivity contribution in [2.24, 2.45) is 0 Å². The SMILES string of the molecule is CC(c1ccccc1F)N(C)CC(=O)c1cccc(Cl)c1. The van der Waals surface area contributed by atoms with Crippen LogP contribution in [0.1, 0.15) is 28.9 Å². The molecule has 0 saturated heterocycles. The number of rotatable bonds is 5. The molecule has 0 heterocycles. The molecule has 1 atom stereocenters. The van der Waals surface area contributed by atoms with Crippen molar-refractivity contribution in [1.29, 1.82) is 0 Å². The van der Waals surface area contributed by atoms with Gasteiger partial charge in [0.25, 0.3) is 0 Å². The van der Waals surface area contributed by atoms with Gasteiger partial charge in [-0.25, -0.2) is 4.39 Å². The Hall–Kier alpha value is -1.71. The van der Waals surface area contributed by atoms with E-state index in [1.165, 1.54) is 6.07 Å². The Morgan fingerprint density at radius 2 is 1.95 bits per heavy atom. The minimum Gasteiger partial charge on any atom is -0.293 e. The van der Waals surface area contributed by atoms with Crippen LogP contribution < -0.4 is 0 Å². The van der Waals surface area contributed by atoms with Gasteiger partial charge in [-0.3, -0.25) is 9.69 Å². The first-order chi connectivity index (χ1) is 9.99. The second-order valence-corrected chi connectivity index (χ2v) is 5.48. The molecule has 0 bridgehead atoms. The van der Waals surface area contributed by atoms with Crippen molar-refractivity contribution in [1.82, 2.24) is 4.90 Å². The second-order valence-electron chi connectivity index (χ2n) is 5.05. The Labute approximate surface area is 129 Å². The zero-order chi connectivity index (χ0) is 15.4. The van der Waals surface area contributed by atoms with Crippen molar-refractivity contribution in [2.45, 2.75) is 13.0 Å². The molecule has 110 valence electrons. The second kappa shape index (κ2) is 6.83. The number of Topliss-reactive ketones (excluding diaryl/α,β-unsaturated/α-hetero) is 1. The summed E-state index contributed by atoms with van der Waals surface area (Å²) in [6.45, 7) is 2.08. The molecule has 2 rings (SSSR count). The van der Waals surface area contributed by atoms with Gasteiger partial charge in [-0.15, -0.1) is 0 Å². The molecule has 2 nitrogen and oxygen atoms in total. The van der Waals surface area contributed by atoms with Crippen LogP contribution in [0.25, 0.3) is 0 Å². The fraction of sp³-hybridized carbons (Fsp3) is 0.235. The quantitative estimate of drug-likeness (QED) is 0.765. The van der Waals surface area contributed by atoms with Gasteiger partial charge in [0.15, 0.2) is 5.78 Å². The average molecular weight is 306 g/mol. The van der Waals surface area contributed by atoms with E-state index >= 15 is 0 Å². The molecule has 0 aliphatic heterocycles. The molecule has 0 amide bonds. The Morgan fingerprint density at radius 3 is 2.62 bits per heavy atom. The predicted molar refractivity (Wildman–Crippen MR) is 83.2 cm³/mol. The van der Waals surface area contributed by atoms with E-state index in [2.05, 4.69) is 0 Å². The molecule has 0 aliphatic rings. The fourth-order valence-electron chi connectivity index (χ4n) is 2.17. The fourth-order valence-corrected chi connectivity index (χ4v) is 2.36. The largest absolute Gasteiger partial charge is 0.293 e. The molecular weight excluding hydrogens is 289 g/mol. The molecule has 1 unspecified atom stereocenters. The molecule has 21 heavy (non-hydrogen) atoms. The van der Waals surface area contributed by atoms with Crippen LogP contribution >= 0.6 is 11.6 Å². The van der Waals surface area contributed by atoms with E-state index in [-0.39, 0.29) is 24.2 Å². The van der Waals surface area contributed by atoms with Crippen LogP contribution in [0.4, 0.5) is 4.39 Å². The van der Waals surface area contributed by atoms with E-state index < -0.39 is 0 Å². The number of carbonyl (C=O) groups is 1. The van der Waals surface area contributed by atoms with Gasteiger partial charge in [0.2, 0.25) is 0 Å². The maximum atomic E-state index is 13.8. The minimum atomic E-state index is -0.257. The summed E-state index contributed by atoms with van der Waals surface area (Å²) in [5, 5.41) is 0.533. The van der Waals surface area contributed by atoms with Gasteiger partial charge in [-0.1, -0.05) is 41.9 Å². The van der Waals surface area contributed by atoms with Gasteiger partial charge >= 0.3 is 0 Å². The summed E-state index contributed by atoms with van der Waals surface area (Å²) < 4.78 is 13.8. The Morgan fingerprint density at radius 1 is 1.24 bits per heavy atom. The first-order valence-electron chi connectivity index (χ1n) is 6.72. The number of likely N-dealkylation sites (N-methyl/N-ethyl adjacent to an activating group) is 1. The van der Waals surface area contributed by atoms with Crippen molar-refractivity contribution < 1.29 is 9.18 Å².